The SMILES string of the molecule is CNC(c1c(Cl)cnn1CCN(C)C)C1CCCC1(C)C. The van der Waals surface area contributed by atoms with Gasteiger partial charge in [0.25, 0.3) is 0 Å². The fourth-order valence-electron chi connectivity index (χ4n) is 3.65. The van der Waals surface area contributed by atoms with E-state index in [1.807, 2.05) is 7.05 Å². The predicted molar refractivity (Wildman–Crippen MR) is 88.7 cm³/mol. The number of nitrogens with zero attached hydrogens (tertiary/aromatic N) is 3. The summed E-state index contributed by atoms with van der Waals surface area (Å²) in [6.45, 7) is 6.60. The Morgan fingerprint density at radius 2 is 2.24 bits per heavy atom. The number of hydrogen-bond acceptors (Lipinski definition) is 3. The monoisotopic (exact) mass is 312 g/mol. The van der Waals surface area contributed by atoms with E-state index >= 15 is 0 Å². The van der Waals surface area contributed by atoms with Crippen molar-refractivity contribution in [2.24, 2.45) is 11.3 Å². The average molecular weight is 313 g/mol. The van der Waals surface area contributed by atoms with E-state index in [0.717, 1.165) is 23.8 Å². The molecule has 1 heterocycles. The Morgan fingerprint density at radius 3 is 2.76 bits per heavy atom. The van der Waals surface area contributed by atoms with Gasteiger partial charge in [0.15, 0.2) is 0 Å². The standard InChI is InChI=1S/C16H29ClN4/c1-16(2)8-6-7-12(16)14(18-3)15-13(17)11-19-21(15)10-9-20(4)5/h11-12,14,18H,6-10H2,1-5H3. The molecule has 1 saturated carbocycles. The van der Waals surface area contributed by atoms with Crippen molar-refractivity contribution in [1.29, 1.82) is 0 Å². The minimum absolute atomic E-state index is 0.277. The van der Waals surface area contributed by atoms with Gasteiger partial charge >= 0.3 is 0 Å². The van der Waals surface area contributed by atoms with Crippen LogP contribution in [0, 0.1) is 11.3 Å². The van der Waals surface area contributed by atoms with Crippen LogP contribution in [0.2, 0.25) is 5.02 Å². The average Bonchev–Trinajstić information content (AvgIpc) is 2.93. The minimum atomic E-state index is 0.277. The molecule has 0 aromatic carbocycles. The molecule has 1 aliphatic rings. The van der Waals surface area contributed by atoms with Gasteiger partial charge in [0.05, 0.1) is 29.5 Å². The van der Waals surface area contributed by atoms with E-state index in [4.69, 9.17) is 11.6 Å². The first-order valence-electron chi connectivity index (χ1n) is 7.90. The minimum Gasteiger partial charge on any atom is -0.311 e. The Morgan fingerprint density at radius 1 is 1.52 bits per heavy atom. The summed E-state index contributed by atoms with van der Waals surface area (Å²) in [5.41, 5.74) is 1.51. The van der Waals surface area contributed by atoms with Crippen molar-refractivity contribution < 1.29 is 0 Å². The Hall–Kier alpha value is -0.580. The first-order valence-corrected chi connectivity index (χ1v) is 8.28. The third-order valence-electron chi connectivity index (χ3n) is 4.94. The van der Waals surface area contributed by atoms with Gasteiger partial charge in [-0.1, -0.05) is 31.9 Å². The van der Waals surface area contributed by atoms with Gasteiger partial charge in [-0.25, -0.2) is 0 Å². The van der Waals surface area contributed by atoms with Crippen LogP contribution in [0.25, 0.3) is 0 Å². The van der Waals surface area contributed by atoms with Crippen LogP contribution < -0.4 is 5.32 Å². The zero-order valence-electron chi connectivity index (χ0n) is 14.0. The third kappa shape index (κ3) is 3.61. The van der Waals surface area contributed by atoms with Crippen LogP contribution in [0.4, 0.5) is 0 Å². The van der Waals surface area contributed by atoms with E-state index in [-0.39, 0.29) is 6.04 Å². The maximum Gasteiger partial charge on any atom is 0.0834 e. The molecule has 1 aromatic rings. The summed E-state index contributed by atoms with van der Waals surface area (Å²) in [5.74, 6) is 0.606. The van der Waals surface area contributed by atoms with E-state index in [9.17, 15) is 0 Å². The predicted octanol–water partition coefficient (Wildman–Crippen LogP) is 3.18. The lowest BCUT2D eigenvalue weighted by Gasteiger charge is -2.34. The molecule has 2 unspecified atom stereocenters. The molecule has 0 spiro atoms. The lowest BCUT2D eigenvalue weighted by Crippen LogP contribution is -2.34. The van der Waals surface area contributed by atoms with Gasteiger partial charge in [-0.3, -0.25) is 4.68 Å². The molecule has 1 aromatic heterocycles. The molecule has 2 rings (SSSR count). The highest BCUT2D eigenvalue weighted by molar-refractivity contribution is 6.31. The molecule has 0 amide bonds. The van der Waals surface area contributed by atoms with Gasteiger partial charge in [-0.05, 0) is 45.3 Å². The smallest absolute Gasteiger partial charge is 0.0834 e. The highest BCUT2D eigenvalue weighted by Crippen LogP contribution is 2.49. The number of rotatable bonds is 6. The van der Waals surface area contributed by atoms with Gasteiger partial charge in [0, 0.05) is 6.54 Å². The summed E-state index contributed by atoms with van der Waals surface area (Å²) in [7, 11) is 6.21. The number of nitrogens with one attached hydrogen (secondary N) is 1. The summed E-state index contributed by atoms with van der Waals surface area (Å²) in [5, 5.41) is 8.79. The van der Waals surface area contributed by atoms with Crippen molar-refractivity contribution in [3.8, 4) is 0 Å². The van der Waals surface area contributed by atoms with Crippen molar-refractivity contribution in [3.63, 3.8) is 0 Å². The van der Waals surface area contributed by atoms with Crippen LogP contribution in [-0.4, -0.2) is 42.4 Å². The Balaban J connectivity index is 2.27. The molecule has 2 atom stereocenters. The van der Waals surface area contributed by atoms with Crippen molar-refractivity contribution in [2.75, 3.05) is 27.7 Å². The van der Waals surface area contributed by atoms with Crippen LogP contribution in [0.3, 0.4) is 0 Å². The van der Waals surface area contributed by atoms with E-state index in [1.165, 1.54) is 19.3 Å². The molecule has 0 radical (unpaired) electrons. The van der Waals surface area contributed by atoms with Crippen LogP contribution in [0.1, 0.15) is 44.8 Å². The number of aromatic nitrogens is 2. The van der Waals surface area contributed by atoms with Crippen molar-refractivity contribution >= 4 is 11.6 Å². The maximum atomic E-state index is 6.47. The van der Waals surface area contributed by atoms with Crippen molar-refractivity contribution in [2.45, 2.75) is 45.7 Å². The van der Waals surface area contributed by atoms with E-state index < -0.39 is 0 Å². The second kappa shape index (κ2) is 6.67. The second-order valence-electron chi connectivity index (χ2n) is 7.16. The Kier molecular flexibility index (Phi) is 5.33. The van der Waals surface area contributed by atoms with Gasteiger partial charge < -0.3 is 10.2 Å². The zero-order chi connectivity index (χ0) is 15.6. The van der Waals surface area contributed by atoms with E-state index in [2.05, 4.69) is 47.9 Å². The van der Waals surface area contributed by atoms with Gasteiger partial charge in [-0.2, -0.15) is 5.10 Å². The molecule has 0 saturated heterocycles. The summed E-state index contributed by atoms with van der Waals surface area (Å²) < 4.78 is 2.08. The highest BCUT2D eigenvalue weighted by atomic mass is 35.5. The number of hydrogen-bond donors (Lipinski definition) is 1. The van der Waals surface area contributed by atoms with Crippen LogP contribution in [-0.2, 0) is 6.54 Å². The quantitative estimate of drug-likeness (QED) is 0.876. The van der Waals surface area contributed by atoms with Gasteiger partial charge in [0.2, 0.25) is 0 Å². The van der Waals surface area contributed by atoms with E-state index in [0.29, 0.717) is 11.3 Å². The van der Waals surface area contributed by atoms with Crippen LogP contribution >= 0.6 is 11.6 Å². The van der Waals surface area contributed by atoms with Gasteiger partial charge in [-0.15, -0.1) is 0 Å². The van der Waals surface area contributed by atoms with E-state index in [1.54, 1.807) is 6.20 Å². The summed E-state index contributed by atoms with van der Waals surface area (Å²) in [4.78, 5) is 2.17. The first kappa shape index (κ1) is 16.8. The number of likely N-dealkylation sites (N-methyl/N-ethyl adjacent to an activating group) is 1. The Labute approximate surface area is 133 Å². The zero-order valence-corrected chi connectivity index (χ0v) is 14.7. The Bertz CT molecular complexity index is 467. The molecule has 4 nitrogen and oxygen atoms in total. The molecule has 1 N–H and O–H groups in total. The van der Waals surface area contributed by atoms with Crippen molar-refractivity contribution in [1.82, 2.24) is 20.0 Å². The normalized spacial score (nSPS) is 22.9. The summed E-state index contributed by atoms with van der Waals surface area (Å²) in [6.07, 6.45) is 5.64. The second-order valence-corrected chi connectivity index (χ2v) is 7.57. The molecular formula is C16H29ClN4. The third-order valence-corrected chi connectivity index (χ3v) is 5.23. The molecule has 5 heteroatoms. The fraction of sp³-hybridized carbons (Fsp3) is 0.812. The lowest BCUT2D eigenvalue weighted by atomic mass is 9.76. The molecular weight excluding hydrogens is 284 g/mol. The molecule has 0 bridgehead atoms. The lowest BCUT2D eigenvalue weighted by molar-refractivity contribution is 0.196. The summed E-state index contributed by atoms with van der Waals surface area (Å²) in [6, 6.07) is 0.277. The highest BCUT2D eigenvalue weighted by Gasteiger charge is 2.41. The summed E-state index contributed by atoms with van der Waals surface area (Å²) >= 11 is 6.47. The molecule has 1 aliphatic carbocycles. The largest absolute Gasteiger partial charge is 0.311 e. The van der Waals surface area contributed by atoms with Gasteiger partial charge in [0.1, 0.15) is 0 Å². The van der Waals surface area contributed by atoms with Crippen LogP contribution in [0.5, 0.6) is 0 Å². The fourth-order valence-corrected chi connectivity index (χ4v) is 3.91. The molecule has 120 valence electrons. The molecule has 0 aliphatic heterocycles. The van der Waals surface area contributed by atoms with Crippen molar-refractivity contribution in [3.05, 3.63) is 16.9 Å². The first-order chi connectivity index (χ1) is 9.86. The molecule has 1 fully saturated rings. The topological polar surface area (TPSA) is 33.1 Å². The maximum absolute atomic E-state index is 6.47. The molecule has 21 heavy (non-hydrogen) atoms. The van der Waals surface area contributed by atoms with Crippen LogP contribution in [0.15, 0.2) is 6.20 Å². The number of halogens is 1.